The number of carbonyl (C=O) groups is 2. The molecule has 0 bridgehead atoms. The maximum Gasteiger partial charge on any atom is 0.309 e. The molecule has 1 fully saturated rings. The van der Waals surface area contributed by atoms with Gasteiger partial charge >= 0.3 is 5.97 Å². The molecule has 2 aromatic carbocycles. The van der Waals surface area contributed by atoms with Gasteiger partial charge in [0, 0.05) is 12.0 Å². The average molecular weight is 438 g/mol. The van der Waals surface area contributed by atoms with Crippen molar-refractivity contribution < 1.29 is 18.7 Å². The maximum atomic E-state index is 14.6. The summed E-state index contributed by atoms with van der Waals surface area (Å²) in [6, 6.07) is 15.8. The van der Waals surface area contributed by atoms with Crippen LogP contribution >= 0.6 is 0 Å². The fourth-order valence-electron chi connectivity index (χ4n) is 4.38. The van der Waals surface area contributed by atoms with Crippen LogP contribution in [0.4, 0.5) is 4.39 Å². The Labute approximate surface area is 187 Å². The molecule has 0 spiro atoms. The van der Waals surface area contributed by atoms with Crippen molar-refractivity contribution in [1.29, 1.82) is 0 Å². The largest absolute Gasteiger partial charge is 0.466 e. The lowest BCUT2D eigenvalue weighted by Gasteiger charge is -2.32. The standard InChI is InChI=1S/C25H28FN3O3/c1-2-32-25(31)19-12-14-28(15-13-19)17-24(30)29-23(20-10-6-7-11-21(20)26)16-22(27-29)18-8-4-3-5-9-18/h3-11,19,23H,2,12-17H2,1H3. The van der Waals surface area contributed by atoms with Gasteiger partial charge in [-0.1, -0.05) is 48.5 Å². The van der Waals surface area contributed by atoms with Crippen molar-refractivity contribution in [2.75, 3.05) is 26.2 Å². The second kappa shape index (κ2) is 10.0. The summed E-state index contributed by atoms with van der Waals surface area (Å²) in [4.78, 5) is 27.3. The van der Waals surface area contributed by atoms with Crippen molar-refractivity contribution in [3.05, 3.63) is 71.5 Å². The molecular formula is C25H28FN3O3. The highest BCUT2D eigenvalue weighted by atomic mass is 19.1. The Kier molecular flexibility index (Phi) is 6.95. The first-order valence-corrected chi connectivity index (χ1v) is 11.1. The van der Waals surface area contributed by atoms with E-state index in [-0.39, 0.29) is 30.2 Å². The van der Waals surface area contributed by atoms with Crippen LogP contribution in [0, 0.1) is 11.7 Å². The fraction of sp³-hybridized carbons (Fsp3) is 0.400. The number of halogens is 1. The first-order valence-electron chi connectivity index (χ1n) is 11.1. The van der Waals surface area contributed by atoms with Crippen LogP contribution in [0.15, 0.2) is 59.7 Å². The molecule has 0 radical (unpaired) electrons. The molecule has 1 atom stereocenters. The molecule has 168 valence electrons. The zero-order chi connectivity index (χ0) is 22.5. The molecule has 2 aliphatic rings. The third-order valence-electron chi connectivity index (χ3n) is 6.10. The Balaban J connectivity index is 1.48. The van der Waals surface area contributed by atoms with Crippen molar-refractivity contribution in [3.63, 3.8) is 0 Å². The van der Waals surface area contributed by atoms with E-state index in [0.29, 0.717) is 44.5 Å². The number of hydrogen-bond donors (Lipinski definition) is 0. The predicted molar refractivity (Wildman–Crippen MR) is 119 cm³/mol. The van der Waals surface area contributed by atoms with E-state index in [9.17, 15) is 14.0 Å². The molecule has 0 aromatic heterocycles. The number of esters is 1. The average Bonchev–Trinajstić information content (AvgIpc) is 3.26. The Bertz CT molecular complexity index is 987. The van der Waals surface area contributed by atoms with Gasteiger partial charge in [0.2, 0.25) is 0 Å². The van der Waals surface area contributed by atoms with Gasteiger partial charge in [-0.3, -0.25) is 14.5 Å². The molecule has 2 aliphatic heterocycles. The monoisotopic (exact) mass is 437 g/mol. The molecule has 6 nitrogen and oxygen atoms in total. The van der Waals surface area contributed by atoms with Gasteiger partial charge in [-0.25, -0.2) is 9.40 Å². The first-order chi connectivity index (χ1) is 15.6. The quantitative estimate of drug-likeness (QED) is 0.646. The van der Waals surface area contributed by atoms with Crippen LogP contribution in [-0.2, 0) is 14.3 Å². The molecule has 0 aliphatic carbocycles. The third-order valence-corrected chi connectivity index (χ3v) is 6.10. The Morgan fingerprint density at radius 2 is 1.75 bits per heavy atom. The van der Waals surface area contributed by atoms with Crippen LogP contribution in [0.1, 0.15) is 43.4 Å². The van der Waals surface area contributed by atoms with Gasteiger partial charge in [0.25, 0.3) is 5.91 Å². The number of benzene rings is 2. The molecule has 2 aromatic rings. The number of hydrogen-bond acceptors (Lipinski definition) is 5. The number of piperidine rings is 1. The van der Waals surface area contributed by atoms with Crippen molar-refractivity contribution in [3.8, 4) is 0 Å². The number of likely N-dealkylation sites (tertiary alicyclic amines) is 1. The van der Waals surface area contributed by atoms with E-state index >= 15 is 0 Å². The lowest BCUT2D eigenvalue weighted by molar-refractivity contribution is -0.149. The normalized spacial score (nSPS) is 19.6. The zero-order valence-corrected chi connectivity index (χ0v) is 18.2. The molecule has 7 heteroatoms. The van der Waals surface area contributed by atoms with E-state index in [1.165, 1.54) is 11.1 Å². The molecule has 4 rings (SSSR count). The minimum atomic E-state index is -0.476. The summed E-state index contributed by atoms with van der Waals surface area (Å²) in [5.74, 6) is -0.773. The molecule has 0 saturated carbocycles. The second-order valence-corrected chi connectivity index (χ2v) is 8.19. The summed E-state index contributed by atoms with van der Waals surface area (Å²) in [6.45, 7) is 3.65. The van der Waals surface area contributed by atoms with Gasteiger partial charge < -0.3 is 4.74 Å². The van der Waals surface area contributed by atoms with Crippen LogP contribution in [0.5, 0.6) is 0 Å². The molecule has 1 unspecified atom stereocenters. The van der Waals surface area contributed by atoms with E-state index in [4.69, 9.17) is 4.74 Å². The summed E-state index contributed by atoms with van der Waals surface area (Å²) in [5.41, 5.74) is 2.17. The Morgan fingerprint density at radius 3 is 2.44 bits per heavy atom. The number of nitrogens with zero attached hydrogens (tertiary/aromatic N) is 3. The zero-order valence-electron chi connectivity index (χ0n) is 18.2. The fourth-order valence-corrected chi connectivity index (χ4v) is 4.38. The van der Waals surface area contributed by atoms with E-state index in [0.717, 1.165) is 11.3 Å². The minimum Gasteiger partial charge on any atom is -0.466 e. The highest BCUT2D eigenvalue weighted by Gasteiger charge is 2.36. The summed E-state index contributed by atoms with van der Waals surface area (Å²) < 4.78 is 19.7. The Morgan fingerprint density at radius 1 is 1.06 bits per heavy atom. The van der Waals surface area contributed by atoms with Gasteiger partial charge in [0.15, 0.2) is 0 Å². The highest BCUT2D eigenvalue weighted by Crippen LogP contribution is 2.34. The molecule has 2 heterocycles. The van der Waals surface area contributed by atoms with Crippen LogP contribution < -0.4 is 0 Å². The van der Waals surface area contributed by atoms with Crippen molar-refractivity contribution >= 4 is 17.6 Å². The van der Waals surface area contributed by atoms with Crippen molar-refractivity contribution in [1.82, 2.24) is 9.91 Å². The van der Waals surface area contributed by atoms with Crippen molar-refractivity contribution in [2.24, 2.45) is 11.0 Å². The van der Waals surface area contributed by atoms with E-state index in [1.54, 1.807) is 25.1 Å². The topological polar surface area (TPSA) is 62.2 Å². The van der Waals surface area contributed by atoms with Gasteiger partial charge in [-0.2, -0.15) is 5.10 Å². The SMILES string of the molecule is CCOC(=O)C1CCN(CC(=O)N2N=C(c3ccccc3)CC2c2ccccc2F)CC1. The predicted octanol–water partition coefficient (Wildman–Crippen LogP) is 3.78. The molecule has 32 heavy (non-hydrogen) atoms. The number of carbonyl (C=O) groups excluding carboxylic acids is 2. The van der Waals surface area contributed by atoms with E-state index in [2.05, 4.69) is 5.10 Å². The summed E-state index contributed by atoms with van der Waals surface area (Å²) in [5, 5.41) is 6.07. The van der Waals surface area contributed by atoms with Crippen LogP contribution in [0.3, 0.4) is 0 Å². The Hall–Kier alpha value is -3.06. The molecule has 0 N–H and O–H groups in total. The van der Waals surface area contributed by atoms with E-state index in [1.807, 2.05) is 35.2 Å². The minimum absolute atomic E-state index is 0.109. The summed E-state index contributed by atoms with van der Waals surface area (Å²) in [6.07, 6.45) is 1.80. The lowest BCUT2D eigenvalue weighted by atomic mass is 9.96. The van der Waals surface area contributed by atoms with Gasteiger partial charge in [0.05, 0.1) is 30.8 Å². The molecular weight excluding hydrogens is 409 g/mol. The number of ether oxygens (including phenoxy) is 1. The van der Waals surface area contributed by atoms with E-state index < -0.39 is 6.04 Å². The highest BCUT2D eigenvalue weighted by molar-refractivity contribution is 6.03. The first kappa shape index (κ1) is 22.1. The van der Waals surface area contributed by atoms with Gasteiger partial charge in [0.1, 0.15) is 5.82 Å². The van der Waals surface area contributed by atoms with Gasteiger partial charge in [-0.05, 0) is 44.5 Å². The lowest BCUT2D eigenvalue weighted by Crippen LogP contribution is -2.43. The summed E-state index contributed by atoms with van der Waals surface area (Å²) >= 11 is 0. The summed E-state index contributed by atoms with van der Waals surface area (Å²) in [7, 11) is 0. The van der Waals surface area contributed by atoms with Crippen molar-refractivity contribution in [2.45, 2.75) is 32.2 Å². The number of rotatable bonds is 6. The molecule has 1 saturated heterocycles. The number of hydrazone groups is 1. The second-order valence-electron chi connectivity index (χ2n) is 8.19. The maximum absolute atomic E-state index is 14.6. The van der Waals surface area contributed by atoms with Gasteiger partial charge in [-0.15, -0.1) is 0 Å². The van der Waals surface area contributed by atoms with Crippen LogP contribution in [-0.4, -0.2) is 53.7 Å². The smallest absolute Gasteiger partial charge is 0.309 e. The molecule has 1 amide bonds. The van der Waals surface area contributed by atoms with Crippen LogP contribution in [0.25, 0.3) is 0 Å². The number of amides is 1. The van der Waals surface area contributed by atoms with Crippen LogP contribution in [0.2, 0.25) is 0 Å². The third kappa shape index (κ3) is 4.88.